The Morgan fingerprint density at radius 3 is 2.45 bits per heavy atom. The zero-order valence-electron chi connectivity index (χ0n) is 11.9. The van der Waals surface area contributed by atoms with Crippen molar-refractivity contribution in [1.29, 1.82) is 0 Å². The van der Waals surface area contributed by atoms with Crippen LogP contribution in [0.5, 0.6) is 0 Å². The SMILES string of the molecule is CCC1CCC(N(C)S(=O)(=O)c2ccc(C=O)o2)CC1. The molecule has 0 aliphatic heterocycles. The van der Waals surface area contributed by atoms with Gasteiger partial charge in [0.25, 0.3) is 10.0 Å². The summed E-state index contributed by atoms with van der Waals surface area (Å²) in [4.78, 5) is 10.6. The van der Waals surface area contributed by atoms with Crippen molar-refractivity contribution < 1.29 is 17.6 Å². The molecule has 0 amide bonds. The van der Waals surface area contributed by atoms with Gasteiger partial charge in [-0.2, -0.15) is 4.31 Å². The van der Waals surface area contributed by atoms with Crippen LogP contribution in [-0.2, 0) is 10.0 Å². The molecular formula is C14H21NO4S. The molecule has 0 unspecified atom stereocenters. The number of carbonyl (C=O) groups is 1. The van der Waals surface area contributed by atoms with Crippen molar-refractivity contribution in [1.82, 2.24) is 4.31 Å². The smallest absolute Gasteiger partial charge is 0.276 e. The van der Waals surface area contributed by atoms with Gasteiger partial charge in [-0.3, -0.25) is 4.79 Å². The van der Waals surface area contributed by atoms with Gasteiger partial charge in [0.2, 0.25) is 5.09 Å². The van der Waals surface area contributed by atoms with Crippen molar-refractivity contribution in [3.05, 3.63) is 17.9 Å². The van der Waals surface area contributed by atoms with E-state index in [0.717, 1.165) is 32.1 Å². The third kappa shape index (κ3) is 2.96. The molecule has 0 spiro atoms. The third-order valence-electron chi connectivity index (χ3n) is 4.26. The van der Waals surface area contributed by atoms with Crippen LogP contribution < -0.4 is 0 Å². The Labute approximate surface area is 120 Å². The summed E-state index contributed by atoms with van der Waals surface area (Å²) in [5, 5.41) is -0.153. The van der Waals surface area contributed by atoms with E-state index in [1.807, 2.05) is 0 Å². The van der Waals surface area contributed by atoms with E-state index in [1.54, 1.807) is 7.05 Å². The molecular weight excluding hydrogens is 278 g/mol. The highest BCUT2D eigenvalue weighted by atomic mass is 32.2. The highest BCUT2D eigenvalue weighted by Crippen LogP contribution is 2.31. The first-order valence-electron chi connectivity index (χ1n) is 7.02. The fraction of sp³-hybridized carbons (Fsp3) is 0.643. The summed E-state index contributed by atoms with van der Waals surface area (Å²) in [6.45, 7) is 2.18. The lowest BCUT2D eigenvalue weighted by Crippen LogP contribution is -2.39. The molecule has 1 heterocycles. The largest absolute Gasteiger partial charge is 0.440 e. The van der Waals surface area contributed by atoms with Crippen LogP contribution in [0.2, 0.25) is 0 Å². The first kappa shape index (κ1) is 15.3. The molecule has 20 heavy (non-hydrogen) atoms. The van der Waals surface area contributed by atoms with E-state index in [1.165, 1.54) is 16.4 Å². The minimum atomic E-state index is -3.64. The van der Waals surface area contributed by atoms with Crippen LogP contribution in [0.25, 0.3) is 0 Å². The van der Waals surface area contributed by atoms with E-state index >= 15 is 0 Å². The number of hydrogen-bond acceptors (Lipinski definition) is 4. The van der Waals surface area contributed by atoms with Gasteiger partial charge in [-0.25, -0.2) is 8.42 Å². The summed E-state index contributed by atoms with van der Waals surface area (Å²) in [5.41, 5.74) is 0. The molecule has 0 saturated heterocycles. The van der Waals surface area contributed by atoms with Crippen LogP contribution in [0.15, 0.2) is 21.6 Å². The lowest BCUT2D eigenvalue weighted by atomic mass is 9.85. The molecule has 5 nitrogen and oxygen atoms in total. The molecule has 0 atom stereocenters. The highest BCUT2D eigenvalue weighted by Gasteiger charge is 2.32. The molecule has 0 radical (unpaired) electrons. The second-order valence-corrected chi connectivity index (χ2v) is 7.31. The molecule has 1 saturated carbocycles. The maximum atomic E-state index is 12.4. The Morgan fingerprint density at radius 2 is 1.95 bits per heavy atom. The van der Waals surface area contributed by atoms with Crippen molar-refractivity contribution in [3.63, 3.8) is 0 Å². The topological polar surface area (TPSA) is 67.6 Å². The molecule has 1 aliphatic carbocycles. The quantitative estimate of drug-likeness (QED) is 0.784. The first-order valence-corrected chi connectivity index (χ1v) is 8.46. The van der Waals surface area contributed by atoms with E-state index in [-0.39, 0.29) is 16.9 Å². The predicted molar refractivity (Wildman–Crippen MR) is 75.1 cm³/mol. The molecule has 6 heteroatoms. The van der Waals surface area contributed by atoms with E-state index in [9.17, 15) is 13.2 Å². The minimum Gasteiger partial charge on any atom is -0.440 e. The Kier molecular flexibility index (Phi) is 4.65. The first-order chi connectivity index (χ1) is 9.48. The number of hydrogen-bond donors (Lipinski definition) is 0. The summed E-state index contributed by atoms with van der Waals surface area (Å²) < 4.78 is 31.3. The van der Waals surface area contributed by atoms with Crippen LogP contribution >= 0.6 is 0 Å². The van der Waals surface area contributed by atoms with Crippen molar-refractivity contribution in [2.45, 2.75) is 50.2 Å². The molecule has 0 bridgehead atoms. The van der Waals surface area contributed by atoms with Crippen LogP contribution in [-0.4, -0.2) is 32.1 Å². The Bertz CT molecular complexity index is 555. The second-order valence-electron chi connectivity index (χ2n) is 5.38. The molecule has 1 aromatic heterocycles. The Hall–Kier alpha value is -1.14. The number of rotatable bonds is 5. The van der Waals surface area contributed by atoms with Crippen LogP contribution in [0.1, 0.15) is 49.6 Å². The van der Waals surface area contributed by atoms with Gasteiger partial charge in [-0.1, -0.05) is 13.3 Å². The summed E-state index contributed by atoms with van der Waals surface area (Å²) in [6, 6.07) is 2.74. The summed E-state index contributed by atoms with van der Waals surface area (Å²) in [7, 11) is -2.05. The van der Waals surface area contributed by atoms with Gasteiger partial charge in [-0.05, 0) is 43.7 Å². The fourth-order valence-corrected chi connectivity index (χ4v) is 4.12. The number of furan rings is 1. The predicted octanol–water partition coefficient (Wildman–Crippen LogP) is 2.68. The summed E-state index contributed by atoms with van der Waals surface area (Å²) in [5.74, 6) is 0.749. The maximum absolute atomic E-state index is 12.4. The Morgan fingerprint density at radius 1 is 1.30 bits per heavy atom. The van der Waals surface area contributed by atoms with E-state index in [0.29, 0.717) is 12.2 Å². The van der Waals surface area contributed by atoms with E-state index in [4.69, 9.17) is 4.42 Å². The molecule has 0 N–H and O–H groups in total. The van der Waals surface area contributed by atoms with Crippen LogP contribution in [0, 0.1) is 5.92 Å². The fourth-order valence-electron chi connectivity index (χ4n) is 2.79. The number of nitrogens with zero attached hydrogens (tertiary/aromatic N) is 1. The lowest BCUT2D eigenvalue weighted by molar-refractivity contribution is 0.109. The Balaban J connectivity index is 2.11. The van der Waals surface area contributed by atoms with Crippen molar-refractivity contribution >= 4 is 16.3 Å². The monoisotopic (exact) mass is 299 g/mol. The zero-order valence-corrected chi connectivity index (χ0v) is 12.7. The van der Waals surface area contributed by atoms with Crippen molar-refractivity contribution in [2.75, 3.05) is 7.05 Å². The average Bonchev–Trinajstić information content (AvgIpc) is 2.96. The van der Waals surface area contributed by atoms with Gasteiger partial charge in [0.15, 0.2) is 12.0 Å². The molecule has 1 fully saturated rings. The minimum absolute atomic E-state index is 0.0209. The van der Waals surface area contributed by atoms with Gasteiger partial charge >= 0.3 is 0 Å². The van der Waals surface area contributed by atoms with Gasteiger partial charge < -0.3 is 4.42 Å². The van der Waals surface area contributed by atoms with Crippen LogP contribution in [0.3, 0.4) is 0 Å². The number of aldehydes is 1. The third-order valence-corrected chi connectivity index (χ3v) is 6.04. The molecule has 1 aromatic rings. The van der Waals surface area contributed by atoms with Crippen molar-refractivity contribution in [2.24, 2.45) is 5.92 Å². The molecule has 1 aliphatic rings. The summed E-state index contributed by atoms with van der Waals surface area (Å²) in [6.07, 6.45) is 5.57. The van der Waals surface area contributed by atoms with Gasteiger partial charge in [0.05, 0.1) is 0 Å². The van der Waals surface area contributed by atoms with E-state index in [2.05, 4.69) is 6.92 Å². The maximum Gasteiger partial charge on any atom is 0.276 e. The van der Waals surface area contributed by atoms with Crippen molar-refractivity contribution in [3.8, 4) is 0 Å². The van der Waals surface area contributed by atoms with E-state index < -0.39 is 10.0 Å². The highest BCUT2D eigenvalue weighted by molar-refractivity contribution is 7.89. The number of sulfonamides is 1. The molecule has 2 rings (SSSR count). The molecule has 112 valence electrons. The average molecular weight is 299 g/mol. The zero-order chi connectivity index (χ0) is 14.8. The normalized spacial score (nSPS) is 23.9. The van der Waals surface area contributed by atoms with Crippen LogP contribution in [0.4, 0.5) is 0 Å². The summed E-state index contributed by atoms with van der Waals surface area (Å²) >= 11 is 0. The van der Waals surface area contributed by atoms with Gasteiger partial charge in [-0.15, -0.1) is 0 Å². The van der Waals surface area contributed by atoms with Gasteiger partial charge in [0, 0.05) is 13.1 Å². The second kappa shape index (κ2) is 6.10. The molecule has 0 aromatic carbocycles. The lowest BCUT2D eigenvalue weighted by Gasteiger charge is -2.33. The standard InChI is InChI=1S/C14H21NO4S/c1-3-11-4-6-12(7-5-11)15(2)20(17,18)14-9-8-13(10-16)19-14/h8-12H,3-7H2,1-2H3. The number of carbonyl (C=O) groups excluding carboxylic acids is 1. The van der Waals surface area contributed by atoms with Gasteiger partial charge in [0.1, 0.15) is 0 Å².